The van der Waals surface area contributed by atoms with Crippen LogP contribution in [0.25, 0.3) is 0 Å². The predicted octanol–water partition coefficient (Wildman–Crippen LogP) is 1.83. The Morgan fingerprint density at radius 3 is 2.92 bits per heavy atom. The molecule has 1 aromatic heterocycles. The van der Waals surface area contributed by atoms with Crippen molar-refractivity contribution in [2.45, 2.75) is 6.92 Å². The lowest BCUT2D eigenvalue weighted by atomic mass is 10.4. The smallest absolute Gasteiger partial charge is 0.214 e. The van der Waals surface area contributed by atoms with Crippen LogP contribution in [0.4, 0.5) is 5.69 Å². The quantitative estimate of drug-likeness (QED) is 0.740. The molecule has 0 fully saturated rings. The number of halogens is 1. The fraction of sp³-hybridized carbons (Fsp3) is 0.250. The van der Waals surface area contributed by atoms with Crippen molar-refractivity contribution in [1.29, 1.82) is 0 Å². The molecule has 0 aliphatic carbocycles. The van der Waals surface area contributed by atoms with Gasteiger partial charge in [-0.15, -0.1) is 0 Å². The van der Waals surface area contributed by atoms with Crippen molar-refractivity contribution in [3.8, 4) is 0 Å². The Morgan fingerprint density at radius 1 is 1.67 bits per heavy atom. The van der Waals surface area contributed by atoms with Crippen LogP contribution in [0.2, 0.25) is 0 Å². The molecule has 0 radical (unpaired) electrons. The maximum Gasteiger partial charge on any atom is 0.214 e. The molecule has 4 heteroatoms. The first-order chi connectivity index (χ1) is 5.77. The maximum absolute atomic E-state index is 10.5. The number of nitrogens with zero attached hydrogens (tertiary/aromatic N) is 2. The maximum atomic E-state index is 10.5. The van der Waals surface area contributed by atoms with Gasteiger partial charge in [0.2, 0.25) is 6.41 Å². The molecule has 0 atom stereocenters. The highest BCUT2D eigenvalue weighted by Gasteiger charge is 2.01. The Bertz CT molecular complexity index is 278. The second-order valence-corrected chi connectivity index (χ2v) is 3.17. The van der Waals surface area contributed by atoms with Crippen LogP contribution in [0.5, 0.6) is 0 Å². The molecule has 0 unspecified atom stereocenters. The van der Waals surface area contributed by atoms with Gasteiger partial charge in [0, 0.05) is 17.2 Å². The van der Waals surface area contributed by atoms with Crippen LogP contribution in [0.3, 0.4) is 0 Å². The number of aromatic nitrogens is 1. The Kier molecular flexibility index (Phi) is 3.22. The molecular weight excluding hydrogens is 220 g/mol. The topological polar surface area (TPSA) is 33.2 Å². The second kappa shape index (κ2) is 4.21. The summed E-state index contributed by atoms with van der Waals surface area (Å²) in [5.74, 6) is 0. The van der Waals surface area contributed by atoms with E-state index in [1.54, 1.807) is 17.3 Å². The molecule has 12 heavy (non-hydrogen) atoms. The molecule has 0 bridgehead atoms. The Morgan fingerprint density at radius 2 is 2.42 bits per heavy atom. The molecule has 3 nitrogen and oxygen atoms in total. The highest BCUT2D eigenvalue weighted by Crippen LogP contribution is 2.16. The van der Waals surface area contributed by atoms with E-state index in [1.165, 1.54) is 0 Å². The first kappa shape index (κ1) is 9.19. The summed E-state index contributed by atoms with van der Waals surface area (Å²) in [5, 5.41) is 0. The van der Waals surface area contributed by atoms with Gasteiger partial charge >= 0.3 is 0 Å². The van der Waals surface area contributed by atoms with Crippen LogP contribution in [0.15, 0.2) is 22.9 Å². The van der Waals surface area contributed by atoms with Crippen LogP contribution >= 0.6 is 15.9 Å². The number of pyridine rings is 1. The van der Waals surface area contributed by atoms with Gasteiger partial charge in [-0.2, -0.15) is 0 Å². The van der Waals surface area contributed by atoms with Gasteiger partial charge in [0.25, 0.3) is 0 Å². The minimum Gasteiger partial charge on any atom is -0.314 e. The number of rotatable bonds is 3. The van der Waals surface area contributed by atoms with Crippen molar-refractivity contribution in [3.63, 3.8) is 0 Å². The normalized spacial score (nSPS) is 9.50. The zero-order valence-electron chi connectivity index (χ0n) is 6.70. The number of anilines is 1. The lowest BCUT2D eigenvalue weighted by molar-refractivity contribution is -0.107. The van der Waals surface area contributed by atoms with E-state index in [4.69, 9.17) is 0 Å². The van der Waals surface area contributed by atoms with Gasteiger partial charge in [0.05, 0.1) is 11.9 Å². The van der Waals surface area contributed by atoms with Crippen molar-refractivity contribution in [2.24, 2.45) is 0 Å². The monoisotopic (exact) mass is 228 g/mol. The van der Waals surface area contributed by atoms with Crippen molar-refractivity contribution in [3.05, 3.63) is 22.9 Å². The fourth-order valence-electron chi connectivity index (χ4n) is 0.876. The standard InChI is InChI=1S/C8H9BrN2O/c1-2-11(6-12)8-3-7(9)4-10-5-8/h3-6H,2H2,1H3. The summed E-state index contributed by atoms with van der Waals surface area (Å²) >= 11 is 3.28. The molecule has 1 amide bonds. The molecular formula is C8H9BrN2O. The highest BCUT2D eigenvalue weighted by atomic mass is 79.9. The zero-order chi connectivity index (χ0) is 8.97. The van der Waals surface area contributed by atoms with E-state index in [9.17, 15) is 4.79 Å². The molecule has 64 valence electrons. The van der Waals surface area contributed by atoms with Crippen LogP contribution in [-0.2, 0) is 4.79 Å². The predicted molar refractivity (Wildman–Crippen MR) is 51.0 cm³/mol. The number of amides is 1. The van der Waals surface area contributed by atoms with Crippen molar-refractivity contribution >= 4 is 28.0 Å². The molecule has 0 spiro atoms. The van der Waals surface area contributed by atoms with Crippen LogP contribution in [-0.4, -0.2) is 17.9 Å². The third-order valence-corrected chi connectivity index (χ3v) is 1.92. The average Bonchev–Trinajstić information content (AvgIpc) is 2.07. The van der Waals surface area contributed by atoms with Crippen LogP contribution in [0, 0.1) is 0 Å². The van der Waals surface area contributed by atoms with Gasteiger partial charge in [-0.05, 0) is 28.9 Å². The van der Waals surface area contributed by atoms with Gasteiger partial charge in [-0.1, -0.05) is 0 Å². The van der Waals surface area contributed by atoms with Gasteiger partial charge < -0.3 is 4.90 Å². The number of hydrogen-bond acceptors (Lipinski definition) is 2. The van der Waals surface area contributed by atoms with Crippen LogP contribution in [0.1, 0.15) is 6.92 Å². The first-order valence-corrected chi connectivity index (χ1v) is 4.39. The van der Waals surface area contributed by atoms with Gasteiger partial charge in [-0.25, -0.2) is 0 Å². The third-order valence-electron chi connectivity index (χ3n) is 1.49. The minimum absolute atomic E-state index is 0.654. The third kappa shape index (κ3) is 2.04. The first-order valence-electron chi connectivity index (χ1n) is 3.60. The van der Waals surface area contributed by atoms with Crippen molar-refractivity contribution in [2.75, 3.05) is 11.4 Å². The van der Waals surface area contributed by atoms with Gasteiger partial charge in [0.1, 0.15) is 0 Å². The Balaban J connectivity index is 2.93. The average molecular weight is 229 g/mol. The molecule has 0 N–H and O–H groups in total. The van der Waals surface area contributed by atoms with E-state index in [-0.39, 0.29) is 0 Å². The highest BCUT2D eigenvalue weighted by molar-refractivity contribution is 9.10. The lowest BCUT2D eigenvalue weighted by Crippen LogP contribution is -2.19. The summed E-state index contributed by atoms with van der Waals surface area (Å²) in [6.45, 7) is 2.57. The zero-order valence-corrected chi connectivity index (χ0v) is 8.28. The van der Waals surface area contributed by atoms with Crippen molar-refractivity contribution in [1.82, 2.24) is 4.98 Å². The van der Waals surface area contributed by atoms with E-state index in [0.29, 0.717) is 6.54 Å². The van der Waals surface area contributed by atoms with Crippen LogP contribution < -0.4 is 4.90 Å². The molecule has 0 saturated carbocycles. The molecule has 0 aliphatic rings. The molecule has 0 aliphatic heterocycles. The summed E-state index contributed by atoms with van der Waals surface area (Å²) in [6.07, 6.45) is 4.13. The molecule has 1 aromatic rings. The molecule has 1 heterocycles. The largest absolute Gasteiger partial charge is 0.314 e. The number of hydrogen-bond donors (Lipinski definition) is 0. The Hall–Kier alpha value is -0.900. The van der Waals surface area contributed by atoms with E-state index in [1.807, 2.05) is 13.0 Å². The number of carbonyl (C=O) groups is 1. The van der Waals surface area contributed by atoms with Gasteiger partial charge in [0.15, 0.2) is 0 Å². The van der Waals surface area contributed by atoms with Gasteiger partial charge in [-0.3, -0.25) is 9.78 Å². The number of carbonyl (C=O) groups excluding carboxylic acids is 1. The molecule has 0 saturated heterocycles. The second-order valence-electron chi connectivity index (χ2n) is 2.25. The summed E-state index contributed by atoms with van der Waals surface area (Å²) in [5.41, 5.74) is 0.807. The summed E-state index contributed by atoms with van der Waals surface area (Å²) in [7, 11) is 0. The Labute approximate surface area is 79.5 Å². The summed E-state index contributed by atoms with van der Waals surface area (Å²) < 4.78 is 0.875. The SMILES string of the molecule is CCN(C=O)c1cncc(Br)c1. The molecule has 0 aromatic carbocycles. The van der Waals surface area contributed by atoms with Crippen molar-refractivity contribution < 1.29 is 4.79 Å². The van der Waals surface area contributed by atoms with E-state index >= 15 is 0 Å². The van der Waals surface area contributed by atoms with E-state index < -0.39 is 0 Å². The summed E-state index contributed by atoms with van der Waals surface area (Å²) in [6, 6.07) is 1.85. The fourth-order valence-corrected chi connectivity index (χ4v) is 1.23. The minimum atomic E-state index is 0.654. The molecule has 1 rings (SSSR count). The van der Waals surface area contributed by atoms with E-state index in [2.05, 4.69) is 20.9 Å². The lowest BCUT2D eigenvalue weighted by Gasteiger charge is -2.13. The summed E-state index contributed by atoms with van der Waals surface area (Å²) in [4.78, 5) is 16.1. The van der Waals surface area contributed by atoms with E-state index in [0.717, 1.165) is 16.6 Å².